The van der Waals surface area contributed by atoms with Crippen LogP contribution < -0.4 is 0 Å². The predicted molar refractivity (Wildman–Crippen MR) is 63.4 cm³/mol. The Bertz CT molecular complexity index is 384. The molecule has 1 aromatic rings. The zero-order chi connectivity index (χ0) is 12.3. The Labute approximate surface area is 101 Å². The zero-order valence-electron chi connectivity index (χ0n) is 10.0. The molecule has 1 aliphatic rings. The molecule has 0 aromatic heterocycles. The summed E-state index contributed by atoms with van der Waals surface area (Å²) in [5.74, 6) is -0.841. The molecule has 1 fully saturated rings. The molecule has 0 aliphatic carbocycles. The summed E-state index contributed by atoms with van der Waals surface area (Å²) in [7, 11) is 0. The minimum absolute atomic E-state index is 0.289. The molecule has 0 bridgehead atoms. The fraction of sp³-hybridized carbons (Fsp3) is 0.538. The van der Waals surface area contributed by atoms with Crippen molar-refractivity contribution in [3.05, 3.63) is 29.6 Å². The lowest BCUT2D eigenvalue weighted by Gasteiger charge is -2.35. The summed E-state index contributed by atoms with van der Waals surface area (Å²) < 4.78 is 18.6. The third-order valence-corrected chi connectivity index (χ3v) is 3.22. The number of benzene rings is 1. The Morgan fingerprint density at radius 1 is 1.53 bits per heavy atom. The molecule has 1 atom stereocenters. The van der Waals surface area contributed by atoms with Crippen molar-refractivity contribution in [2.45, 2.75) is 25.9 Å². The average molecular weight is 239 g/mol. The number of phenolic OH excluding ortho intramolecular Hbond substituents is 1. The van der Waals surface area contributed by atoms with Crippen molar-refractivity contribution < 1.29 is 14.2 Å². The van der Waals surface area contributed by atoms with Gasteiger partial charge in [-0.3, -0.25) is 4.90 Å². The van der Waals surface area contributed by atoms with Crippen LogP contribution in [0.3, 0.4) is 0 Å². The normalized spacial score (nSPS) is 21.6. The van der Waals surface area contributed by atoms with Gasteiger partial charge in [-0.15, -0.1) is 0 Å². The fourth-order valence-electron chi connectivity index (χ4n) is 2.16. The molecule has 3 nitrogen and oxygen atoms in total. The second kappa shape index (κ2) is 5.47. The molecule has 0 saturated carbocycles. The number of phenols is 1. The van der Waals surface area contributed by atoms with E-state index < -0.39 is 5.82 Å². The van der Waals surface area contributed by atoms with E-state index in [9.17, 15) is 4.39 Å². The molecule has 2 rings (SSSR count). The number of hydrogen-bond donors (Lipinski definition) is 1. The number of hydrogen-bond acceptors (Lipinski definition) is 3. The highest BCUT2D eigenvalue weighted by Gasteiger charge is 2.21. The van der Waals surface area contributed by atoms with Gasteiger partial charge in [-0.1, -0.05) is 13.0 Å². The maximum atomic E-state index is 13.2. The van der Waals surface area contributed by atoms with Gasteiger partial charge in [0.2, 0.25) is 0 Å². The van der Waals surface area contributed by atoms with E-state index in [1.165, 1.54) is 12.1 Å². The van der Waals surface area contributed by atoms with Crippen molar-refractivity contribution in [3.63, 3.8) is 0 Å². The second-order valence-corrected chi connectivity index (χ2v) is 4.39. The SMILES string of the molecule is CCC1COCCN1Cc1ccc(O)c(F)c1. The van der Waals surface area contributed by atoms with E-state index in [2.05, 4.69) is 11.8 Å². The van der Waals surface area contributed by atoms with Gasteiger partial charge in [-0.05, 0) is 24.1 Å². The lowest BCUT2D eigenvalue weighted by molar-refractivity contribution is -0.0127. The Kier molecular flexibility index (Phi) is 3.97. The van der Waals surface area contributed by atoms with E-state index in [4.69, 9.17) is 9.84 Å². The molecular formula is C13H18FNO2. The van der Waals surface area contributed by atoms with Crippen molar-refractivity contribution in [2.24, 2.45) is 0 Å². The van der Waals surface area contributed by atoms with E-state index in [-0.39, 0.29) is 5.75 Å². The zero-order valence-corrected chi connectivity index (χ0v) is 10.0. The van der Waals surface area contributed by atoms with Crippen LogP contribution in [0, 0.1) is 5.82 Å². The predicted octanol–water partition coefficient (Wildman–Crippen LogP) is 2.14. The Morgan fingerprint density at radius 2 is 2.35 bits per heavy atom. The summed E-state index contributed by atoms with van der Waals surface area (Å²) in [4.78, 5) is 2.30. The highest BCUT2D eigenvalue weighted by Crippen LogP contribution is 2.19. The van der Waals surface area contributed by atoms with Crippen molar-refractivity contribution in [1.29, 1.82) is 0 Å². The van der Waals surface area contributed by atoms with Gasteiger partial charge >= 0.3 is 0 Å². The number of ether oxygens (including phenoxy) is 1. The molecule has 0 radical (unpaired) electrons. The Balaban J connectivity index is 2.05. The van der Waals surface area contributed by atoms with Crippen LogP contribution in [-0.2, 0) is 11.3 Å². The first-order valence-corrected chi connectivity index (χ1v) is 6.00. The van der Waals surface area contributed by atoms with Gasteiger partial charge in [0.25, 0.3) is 0 Å². The number of halogens is 1. The summed E-state index contributed by atoms with van der Waals surface area (Å²) >= 11 is 0. The third-order valence-electron chi connectivity index (χ3n) is 3.22. The standard InChI is InChI=1S/C13H18FNO2/c1-2-11-9-17-6-5-15(11)8-10-3-4-13(16)12(14)7-10/h3-4,7,11,16H,2,5-6,8-9H2,1H3. The van der Waals surface area contributed by atoms with Crippen LogP contribution in [0.25, 0.3) is 0 Å². The first-order chi connectivity index (χ1) is 8.20. The lowest BCUT2D eigenvalue weighted by atomic mass is 10.1. The molecule has 0 spiro atoms. The van der Waals surface area contributed by atoms with E-state index in [0.717, 1.165) is 31.7 Å². The van der Waals surface area contributed by atoms with E-state index in [1.54, 1.807) is 6.07 Å². The molecule has 1 saturated heterocycles. The summed E-state index contributed by atoms with van der Waals surface area (Å²) in [6.45, 7) is 5.19. The van der Waals surface area contributed by atoms with Gasteiger partial charge in [-0.2, -0.15) is 0 Å². The highest BCUT2D eigenvalue weighted by atomic mass is 19.1. The van der Waals surface area contributed by atoms with Crippen molar-refractivity contribution in [1.82, 2.24) is 4.90 Å². The quantitative estimate of drug-likeness (QED) is 0.877. The minimum Gasteiger partial charge on any atom is -0.505 e. The van der Waals surface area contributed by atoms with E-state index >= 15 is 0 Å². The monoisotopic (exact) mass is 239 g/mol. The van der Waals surface area contributed by atoms with E-state index in [0.29, 0.717) is 12.6 Å². The minimum atomic E-state index is -0.552. The first kappa shape index (κ1) is 12.3. The van der Waals surface area contributed by atoms with Crippen LogP contribution in [0.2, 0.25) is 0 Å². The average Bonchev–Trinajstić information content (AvgIpc) is 2.34. The van der Waals surface area contributed by atoms with Crippen LogP contribution >= 0.6 is 0 Å². The van der Waals surface area contributed by atoms with Crippen LogP contribution in [0.5, 0.6) is 5.75 Å². The molecule has 1 N–H and O–H groups in total. The number of aromatic hydroxyl groups is 1. The van der Waals surface area contributed by atoms with Crippen molar-refractivity contribution in [2.75, 3.05) is 19.8 Å². The molecule has 1 unspecified atom stereocenters. The summed E-state index contributed by atoms with van der Waals surface area (Å²) in [6, 6.07) is 4.98. The second-order valence-electron chi connectivity index (χ2n) is 4.39. The van der Waals surface area contributed by atoms with Gasteiger partial charge in [0.15, 0.2) is 11.6 Å². The van der Waals surface area contributed by atoms with E-state index in [1.807, 2.05) is 0 Å². The van der Waals surface area contributed by atoms with Crippen molar-refractivity contribution in [3.8, 4) is 5.75 Å². The number of morpholine rings is 1. The molecule has 4 heteroatoms. The van der Waals surface area contributed by atoms with Gasteiger partial charge in [-0.25, -0.2) is 4.39 Å². The molecular weight excluding hydrogens is 221 g/mol. The highest BCUT2D eigenvalue weighted by molar-refractivity contribution is 5.28. The molecule has 1 aromatic carbocycles. The maximum Gasteiger partial charge on any atom is 0.165 e. The van der Waals surface area contributed by atoms with Gasteiger partial charge in [0.05, 0.1) is 13.2 Å². The van der Waals surface area contributed by atoms with Gasteiger partial charge < -0.3 is 9.84 Å². The van der Waals surface area contributed by atoms with Crippen LogP contribution in [0.4, 0.5) is 4.39 Å². The number of rotatable bonds is 3. The van der Waals surface area contributed by atoms with Crippen LogP contribution in [0.1, 0.15) is 18.9 Å². The Hall–Kier alpha value is -1.13. The van der Waals surface area contributed by atoms with Gasteiger partial charge in [0, 0.05) is 19.1 Å². The smallest absolute Gasteiger partial charge is 0.165 e. The summed E-state index contributed by atoms with van der Waals surface area (Å²) in [5.41, 5.74) is 0.889. The first-order valence-electron chi connectivity index (χ1n) is 6.00. The molecule has 17 heavy (non-hydrogen) atoms. The van der Waals surface area contributed by atoms with Crippen LogP contribution in [-0.4, -0.2) is 35.8 Å². The lowest BCUT2D eigenvalue weighted by Crippen LogP contribution is -2.44. The maximum absolute atomic E-state index is 13.2. The fourth-order valence-corrected chi connectivity index (χ4v) is 2.16. The number of nitrogens with zero attached hydrogens (tertiary/aromatic N) is 1. The molecule has 94 valence electrons. The molecule has 1 aliphatic heterocycles. The Morgan fingerprint density at radius 3 is 3.06 bits per heavy atom. The topological polar surface area (TPSA) is 32.7 Å². The van der Waals surface area contributed by atoms with Gasteiger partial charge in [0.1, 0.15) is 0 Å². The largest absolute Gasteiger partial charge is 0.505 e. The summed E-state index contributed by atoms with van der Waals surface area (Å²) in [5, 5.41) is 9.14. The summed E-state index contributed by atoms with van der Waals surface area (Å²) in [6.07, 6.45) is 1.03. The van der Waals surface area contributed by atoms with Crippen LogP contribution in [0.15, 0.2) is 18.2 Å². The third kappa shape index (κ3) is 2.96. The van der Waals surface area contributed by atoms with Crippen molar-refractivity contribution >= 4 is 0 Å². The molecule has 0 amide bonds. The molecule has 1 heterocycles.